The van der Waals surface area contributed by atoms with Crippen molar-refractivity contribution in [2.24, 2.45) is 0 Å². The fourth-order valence-corrected chi connectivity index (χ4v) is 4.48. The van der Waals surface area contributed by atoms with Crippen molar-refractivity contribution in [2.45, 2.75) is 0 Å². The summed E-state index contributed by atoms with van der Waals surface area (Å²) < 4.78 is 7.44. The molecule has 1 aromatic carbocycles. The topological polar surface area (TPSA) is 81.0 Å². The molecule has 1 aliphatic heterocycles. The highest BCUT2D eigenvalue weighted by Gasteiger charge is 2.17. The first kappa shape index (κ1) is 19.8. The van der Waals surface area contributed by atoms with Crippen molar-refractivity contribution in [3.8, 4) is 17.1 Å². The molecule has 0 atom stereocenters. The molecule has 8 nitrogen and oxygen atoms in total. The number of hydrogen-bond donors (Lipinski definition) is 1. The Hall–Kier alpha value is -3.82. The number of imidazole rings is 1. The molecular formula is C24H21N7OS. The van der Waals surface area contributed by atoms with Gasteiger partial charge in [0, 0.05) is 35.9 Å². The number of para-hydroxylation sites is 1. The standard InChI is InChI=1S/C24H21N7OS/c1-2-4-18(5-3-1)27-23-21-24(31(16-26-21)19-8-13-33-15-19)29-22(28-23)17-6-7-20(25-14-17)30-9-11-32-12-10-30/h1-8,13-16H,9-12H2,(H,27,28,29). The number of pyridine rings is 1. The second kappa shape index (κ2) is 8.61. The van der Waals surface area contributed by atoms with E-state index in [1.807, 2.05) is 58.6 Å². The third kappa shape index (κ3) is 3.92. The molecule has 6 rings (SSSR count). The van der Waals surface area contributed by atoms with Crippen LogP contribution in [0.3, 0.4) is 0 Å². The Labute approximate surface area is 194 Å². The summed E-state index contributed by atoms with van der Waals surface area (Å²) in [6, 6.07) is 16.1. The van der Waals surface area contributed by atoms with E-state index in [2.05, 4.69) is 31.6 Å². The van der Waals surface area contributed by atoms with Gasteiger partial charge < -0.3 is 15.0 Å². The average molecular weight is 456 g/mol. The number of nitrogens with zero attached hydrogens (tertiary/aromatic N) is 6. The minimum atomic E-state index is 0.596. The highest BCUT2D eigenvalue weighted by molar-refractivity contribution is 7.08. The molecule has 4 aromatic heterocycles. The number of hydrogen-bond acceptors (Lipinski definition) is 8. The molecule has 0 saturated carbocycles. The summed E-state index contributed by atoms with van der Waals surface area (Å²) in [6.45, 7) is 3.15. The highest BCUT2D eigenvalue weighted by atomic mass is 32.1. The van der Waals surface area contributed by atoms with E-state index in [9.17, 15) is 0 Å². The van der Waals surface area contributed by atoms with E-state index in [0.717, 1.165) is 54.7 Å². The van der Waals surface area contributed by atoms with Gasteiger partial charge in [-0.2, -0.15) is 11.3 Å². The maximum Gasteiger partial charge on any atom is 0.170 e. The lowest BCUT2D eigenvalue weighted by atomic mass is 10.2. The molecule has 9 heteroatoms. The summed E-state index contributed by atoms with van der Waals surface area (Å²) in [6.07, 6.45) is 3.63. The van der Waals surface area contributed by atoms with Crippen molar-refractivity contribution in [2.75, 3.05) is 36.5 Å². The molecule has 1 N–H and O–H groups in total. The zero-order valence-corrected chi connectivity index (χ0v) is 18.6. The van der Waals surface area contributed by atoms with Crippen molar-refractivity contribution < 1.29 is 4.74 Å². The second-order valence-electron chi connectivity index (χ2n) is 7.66. The lowest BCUT2D eigenvalue weighted by Gasteiger charge is -2.27. The first-order valence-corrected chi connectivity index (χ1v) is 11.7. The first-order chi connectivity index (χ1) is 16.3. The molecule has 0 amide bonds. The number of morpholine rings is 1. The quantitative estimate of drug-likeness (QED) is 0.417. The van der Waals surface area contributed by atoms with Gasteiger partial charge >= 0.3 is 0 Å². The number of anilines is 3. The van der Waals surface area contributed by atoms with Crippen LogP contribution in [0.1, 0.15) is 0 Å². The van der Waals surface area contributed by atoms with Gasteiger partial charge in [-0.25, -0.2) is 19.9 Å². The SMILES string of the molecule is c1ccc(Nc2nc(-c3ccc(N4CCOCC4)nc3)nc3c2ncn3-c2ccsc2)cc1. The first-order valence-electron chi connectivity index (χ1n) is 10.7. The molecule has 33 heavy (non-hydrogen) atoms. The van der Waals surface area contributed by atoms with Crippen LogP contribution in [0, 0.1) is 0 Å². The van der Waals surface area contributed by atoms with Crippen molar-refractivity contribution >= 4 is 39.8 Å². The number of rotatable bonds is 5. The summed E-state index contributed by atoms with van der Waals surface area (Å²) >= 11 is 1.64. The van der Waals surface area contributed by atoms with Crippen molar-refractivity contribution in [1.29, 1.82) is 0 Å². The number of ether oxygens (including phenoxy) is 1. The molecule has 1 fully saturated rings. The summed E-state index contributed by atoms with van der Waals surface area (Å²) in [5, 5.41) is 7.53. The van der Waals surface area contributed by atoms with Crippen molar-refractivity contribution in [3.63, 3.8) is 0 Å². The third-order valence-electron chi connectivity index (χ3n) is 5.56. The Bertz CT molecular complexity index is 1360. The van der Waals surface area contributed by atoms with Crippen LogP contribution in [0.4, 0.5) is 17.3 Å². The number of nitrogens with one attached hydrogen (secondary N) is 1. The summed E-state index contributed by atoms with van der Waals surface area (Å²) in [5.74, 6) is 2.19. The Balaban J connectivity index is 1.43. The molecule has 1 saturated heterocycles. The molecule has 0 radical (unpaired) electrons. The van der Waals surface area contributed by atoms with Gasteiger partial charge in [0.1, 0.15) is 12.1 Å². The maximum absolute atomic E-state index is 5.45. The highest BCUT2D eigenvalue weighted by Crippen LogP contribution is 2.29. The zero-order valence-electron chi connectivity index (χ0n) is 17.8. The number of fused-ring (bicyclic) bond motifs is 1. The van der Waals surface area contributed by atoms with Gasteiger partial charge in [-0.3, -0.25) is 4.57 Å². The van der Waals surface area contributed by atoms with E-state index < -0.39 is 0 Å². The predicted octanol–water partition coefficient (Wildman–Crippen LogP) is 4.52. The largest absolute Gasteiger partial charge is 0.378 e. The van der Waals surface area contributed by atoms with Crippen LogP contribution in [-0.2, 0) is 4.74 Å². The lowest BCUT2D eigenvalue weighted by molar-refractivity contribution is 0.122. The minimum absolute atomic E-state index is 0.596. The molecular weight excluding hydrogens is 434 g/mol. The Morgan fingerprint density at radius 1 is 0.939 bits per heavy atom. The van der Waals surface area contributed by atoms with E-state index in [4.69, 9.17) is 14.7 Å². The van der Waals surface area contributed by atoms with Gasteiger partial charge in [0.15, 0.2) is 22.8 Å². The van der Waals surface area contributed by atoms with Gasteiger partial charge in [0.2, 0.25) is 0 Å². The monoisotopic (exact) mass is 455 g/mol. The Morgan fingerprint density at radius 3 is 2.58 bits per heavy atom. The molecule has 0 unspecified atom stereocenters. The van der Waals surface area contributed by atoms with Crippen LogP contribution < -0.4 is 10.2 Å². The summed E-state index contributed by atoms with van der Waals surface area (Å²) in [7, 11) is 0. The average Bonchev–Trinajstić information content (AvgIpc) is 3.55. The van der Waals surface area contributed by atoms with Crippen LogP contribution in [0.2, 0.25) is 0 Å². The van der Waals surface area contributed by atoms with E-state index in [0.29, 0.717) is 17.2 Å². The molecule has 5 heterocycles. The third-order valence-corrected chi connectivity index (χ3v) is 6.23. The summed E-state index contributed by atoms with van der Waals surface area (Å²) in [4.78, 5) is 21.3. The number of thiophene rings is 1. The van der Waals surface area contributed by atoms with Gasteiger partial charge in [-0.05, 0) is 35.7 Å². The normalized spacial score (nSPS) is 14.0. The van der Waals surface area contributed by atoms with E-state index in [-0.39, 0.29) is 0 Å². The number of aromatic nitrogens is 5. The van der Waals surface area contributed by atoms with Gasteiger partial charge in [-0.15, -0.1) is 0 Å². The van der Waals surface area contributed by atoms with Gasteiger partial charge in [0.05, 0.1) is 18.9 Å². The molecule has 0 bridgehead atoms. The van der Waals surface area contributed by atoms with Crippen molar-refractivity contribution in [3.05, 3.63) is 71.8 Å². The second-order valence-corrected chi connectivity index (χ2v) is 8.44. The summed E-state index contributed by atoms with van der Waals surface area (Å²) in [5.41, 5.74) is 4.27. The zero-order chi connectivity index (χ0) is 22.0. The van der Waals surface area contributed by atoms with Crippen molar-refractivity contribution in [1.82, 2.24) is 24.5 Å². The van der Waals surface area contributed by atoms with Gasteiger partial charge in [-0.1, -0.05) is 18.2 Å². The molecule has 1 aliphatic rings. The van der Waals surface area contributed by atoms with Crippen LogP contribution in [0.5, 0.6) is 0 Å². The van der Waals surface area contributed by atoms with Crippen LogP contribution in [-0.4, -0.2) is 50.8 Å². The molecule has 5 aromatic rings. The maximum atomic E-state index is 5.45. The fraction of sp³-hybridized carbons (Fsp3) is 0.167. The van der Waals surface area contributed by atoms with Crippen LogP contribution in [0.15, 0.2) is 71.8 Å². The Kier molecular flexibility index (Phi) is 5.17. The van der Waals surface area contributed by atoms with Crippen LogP contribution in [0.25, 0.3) is 28.2 Å². The van der Waals surface area contributed by atoms with E-state index in [1.165, 1.54) is 0 Å². The molecule has 0 spiro atoms. The van der Waals surface area contributed by atoms with E-state index >= 15 is 0 Å². The van der Waals surface area contributed by atoms with Gasteiger partial charge in [0.25, 0.3) is 0 Å². The minimum Gasteiger partial charge on any atom is -0.378 e. The van der Waals surface area contributed by atoms with Crippen LogP contribution >= 0.6 is 11.3 Å². The number of benzene rings is 1. The Morgan fingerprint density at radius 2 is 1.82 bits per heavy atom. The smallest absolute Gasteiger partial charge is 0.170 e. The molecule has 164 valence electrons. The lowest BCUT2D eigenvalue weighted by Crippen LogP contribution is -2.36. The predicted molar refractivity (Wildman–Crippen MR) is 131 cm³/mol. The fourth-order valence-electron chi connectivity index (χ4n) is 3.86. The van der Waals surface area contributed by atoms with E-state index in [1.54, 1.807) is 17.7 Å². The molecule has 0 aliphatic carbocycles.